The fourth-order valence-electron chi connectivity index (χ4n) is 3.37. The maximum atomic E-state index is 12.7. The first-order valence-electron chi connectivity index (χ1n) is 9.17. The van der Waals surface area contributed by atoms with Crippen molar-refractivity contribution in [2.45, 2.75) is 44.6 Å². The second kappa shape index (κ2) is 8.75. The number of nitrogens with one attached hydrogen (secondary N) is 2. The fourth-order valence-corrected chi connectivity index (χ4v) is 4.80. The minimum absolute atomic E-state index is 0.151. The van der Waals surface area contributed by atoms with Gasteiger partial charge in [-0.05, 0) is 44.4 Å². The summed E-state index contributed by atoms with van der Waals surface area (Å²) in [5.41, 5.74) is 7.12. The molecular weight excluding hydrogens is 390 g/mol. The molecule has 8 heteroatoms. The van der Waals surface area contributed by atoms with E-state index in [1.165, 1.54) is 6.92 Å². The van der Waals surface area contributed by atoms with E-state index in [4.69, 9.17) is 5.73 Å². The molecule has 1 unspecified atom stereocenters. The monoisotopic (exact) mass is 417 g/mol. The third-order valence-corrected chi connectivity index (χ3v) is 6.36. The lowest BCUT2D eigenvalue weighted by Gasteiger charge is -2.27. The molecule has 0 saturated carbocycles. The molecule has 2 aromatic rings. The average Bonchev–Trinajstić information content (AvgIpc) is 2.59. The first-order valence-corrected chi connectivity index (χ1v) is 10.7. The van der Waals surface area contributed by atoms with Gasteiger partial charge in [0.25, 0.3) is 0 Å². The van der Waals surface area contributed by atoms with E-state index >= 15 is 0 Å². The van der Waals surface area contributed by atoms with E-state index in [2.05, 4.69) is 10.0 Å². The zero-order valence-electron chi connectivity index (χ0n) is 17.1. The van der Waals surface area contributed by atoms with E-state index in [1.807, 2.05) is 37.3 Å². The van der Waals surface area contributed by atoms with E-state index in [1.54, 1.807) is 26.0 Å². The number of nitrogens with two attached hydrogens (primary N) is 1. The molecule has 0 bridgehead atoms. The third kappa shape index (κ3) is 5.65. The van der Waals surface area contributed by atoms with Gasteiger partial charge in [-0.1, -0.05) is 48.0 Å². The van der Waals surface area contributed by atoms with E-state index in [9.17, 15) is 18.0 Å². The molecule has 0 fully saturated rings. The maximum Gasteiger partial charge on any atom is 0.243 e. The number of hydrogen-bond donors (Lipinski definition) is 3. The molecule has 156 valence electrons. The van der Waals surface area contributed by atoms with Gasteiger partial charge in [-0.3, -0.25) is 9.59 Å². The van der Waals surface area contributed by atoms with Crippen LogP contribution >= 0.6 is 0 Å². The zero-order valence-corrected chi connectivity index (χ0v) is 17.9. The van der Waals surface area contributed by atoms with Crippen molar-refractivity contribution >= 4 is 21.8 Å². The number of carbonyl (C=O) groups excluding carboxylic acids is 2. The number of hydrogen-bond acceptors (Lipinski definition) is 4. The number of amides is 2. The van der Waals surface area contributed by atoms with Crippen LogP contribution in [0, 0.1) is 20.8 Å². The topological polar surface area (TPSA) is 118 Å². The predicted molar refractivity (Wildman–Crippen MR) is 112 cm³/mol. The second-order valence-electron chi connectivity index (χ2n) is 7.46. The van der Waals surface area contributed by atoms with Crippen molar-refractivity contribution in [3.05, 3.63) is 64.7 Å². The molecule has 29 heavy (non-hydrogen) atoms. The Hall–Kier alpha value is -2.71. The number of primary amides is 1. The number of aryl methyl sites for hydroxylation is 3. The van der Waals surface area contributed by atoms with Crippen molar-refractivity contribution in [2.24, 2.45) is 5.73 Å². The summed E-state index contributed by atoms with van der Waals surface area (Å²) in [6, 6.07) is 12.7. The molecule has 0 aliphatic carbocycles. The molecule has 2 rings (SSSR count). The minimum Gasteiger partial charge on any atom is -0.368 e. The van der Waals surface area contributed by atoms with Crippen molar-refractivity contribution in [1.82, 2.24) is 10.0 Å². The van der Waals surface area contributed by atoms with Crippen LogP contribution in [-0.2, 0) is 26.0 Å². The van der Waals surface area contributed by atoms with Gasteiger partial charge in [0.1, 0.15) is 5.54 Å². The van der Waals surface area contributed by atoms with Crippen LogP contribution in [0.25, 0.3) is 0 Å². The Balaban J connectivity index is 2.12. The quantitative estimate of drug-likeness (QED) is 0.603. The Bertz CT molecular complexity index is 996. The summed E-state index contributed by atoms with van der Waals surface area (Å²) >= 11 is 0. The van der Waals surface area contributed by atoms with Gasteiger partial charge in [-0.25, -0.2) is 13.1 Å². The highest BCUT2D eigenvalue weighted by Gasteiger charge is 2.33. The summed E-state index contributed by atoms with van der Waals surface area (Å²) in [4.78, 5) is 24.5. The molecular formula is C21H27N3O4S. The van der Waals surface area contributed by atoms with Crippen LogP contribution in [0.2, 0.25) is 0 Å². The normalized spacial score (nSPS) is 13.5. The van der Waals surface area contributed by atoms with Gasteiger partial charge < -0.3 is 11.1 Å². The summed E-state index contributed by atoms with van der Waals surface area (Å²) < 4.78 is 27.7. The van der Waals surface area contributed by atoms with Crippen LogP contribution in [-0.4, -0.2) is 32.3 Å². The van der Waals surface area contributed by atoms with Gasteiger partial charge in [-0.2, -0.15) is 0 Å². The lowest BCUT2D eigenvalue weighted by atomic mass is 9.92. The molecule has 0 saturated heterocycles. The molecule has 0 aliphatic rings. The number of sulfonamides is 1. The largest absolute Gasteiger partial charge is 0.368 e. The van der Waals surface area contributed by atoms with Gasteiger partial charge in [0, 0.05) is 6.42 Å². The van der Waals surface area contributed by atoms with Gasteiger partial charge in [0.15, 0.2) is 0 Å². The number of rotatable bonds is 8. The Morgan fingerprint density at radius 2 is 1.59 bits per heavy atom. The van der Waals surface area contributed by atoms with Crippen molar-refractivity contribution in [3.63, 3.8) is 0 Å². The molecule has 0 aliphatic heterocycles. The molecule has 1 atom stereocenters. The average molecular weight is 418 g/mol. The summed E-state index contributed by atoms with van der Waals surface area (Å²) in [6.07, 6.45) is 0.192. The molecule has 7 nitrogen and oxygen atoms in total. The van der Waals surface area contributed by atoms with Crippen LogP contribution < -0.4 is 15.8 Å². The van der Waals surface area contributed by atoms with Crippen molar-refractivity contribution < 1.29 is 18.0 Å². The van der Waals surface area contributed by atoms with Crippen LogP contribution in [0.4, 0.5) is 0 Å². The first kappa shape index (κ1) is 22.6. The van der Waals surface area contributed by atoms with Gasteiger partial charge in [0.05, 0.1) is 11.4 Å². The minimum atomic E-state index is -3.90. The summed E-state index contributed by atoms with van der Waals surface area (Å²) in [5, 5.41) is 2.56. The van der Waals surface area contributed by atoms with E-state index in [0.717, 1.165) is 11.1 Å². The Morgan fingerprint density at radius 3 is 2.10 bits per heavy atom. The molecule has 2 aromatic carbocycles. The van der Waals surface area contributed by atoms with Gasteiger partial charge in [-0.15, -0.1) is 0 Å². The zero-order chi connectivity index (χ0) is 21.8. The van der Waals surface area contributed by atoms with E-state index in [0.29, 0.717) is 11.1 Å². The molecule has 4 N–H and O–H groups in total. The summed E-state index contributed by atoms with van der Waals surface area (Å²) in [6.45, 7) is 6.31. The van der Waals surface area contributed by atoms with E-state index < -0.39 is 33.9 Å². The molecule has 0 heterocycles. The summed E-state index contributed by atoms with van der Waals surface area (Å²) in [5.74, 6) is -1.35. The van der Waals surface area contributed by atoms with Crippen LogP contribution in [0.5, 0.6) is 0 Å². The Morgan fingerprint density at radius 1 is 1.03 bits per heavy atom. The van der Waals surface area contributed by atoms with Crippen LogP contribution in [0.3, 0.4) is 0 Å². The predicted octanol–water partition coefficient (Wildman–Crippen LogP) is 1.49. The fraction of sp³-hybridized carbons (Fsp3) is 0.333. The van der Waals surface area contributed by atoms with Crippen LogP contribution in [0.1, 0.15) is 29.2 Å². The smallest absolute Gasteiger partial charge is 0.243 e. The second-order valence-corrected chi connectivity index (χ2v) is 9.16. The Labute approximate surface area is 171 Å². The third-order valence-electron chi connectivity index (χ3n) is 4.66. The standard InChI is InChI=1S/C21H27N3O4S/c1-14-10-15(2)19(16(3)11-14)29(27,28)23-13-18(25)24-21(4,20(22)26)12-17-8-6-5-7-9-17/h5-11,23H,12-13H2,1-4H3,(H2,22,26)(H,24,25). The number of carbonyl (C=O) groups is 2. The molecule has 0 spiro atoms. The van der Waals surface area contributed by atoms with Gasteiger partial charge >= 0.3 is 0 Å². The van der Waals surface area contributed by atoms with Crippen molar-refractivity contribution in [2.75, 3.05) is 6.54 Å². The highest BCUT2D eigenvalue weighted by Crippen LogP contribution is 2.21. The summed E-state index contributed by atoms with van der Waals surface area (Å²) in [7, 11) is -3.90. The van der Waals surface area contributed by atoms with Crippen molar-refractivity contribution in [3.8, 4) is 0 Å². The lowest BCUT2D eigenvalue weighted by Crippen LogP contribution is -2.58. The van der Waals surface area contributed by atoms with Gasteiger partial charge in [0.2, 0.25) is 21.8 Å². The Kier molecular flexibility index (Phi) is 6.81. The molecule has 2 amide bonds. The van der Waals surface area contributed by atoms with Crippen molar-refractivity contribution in [1.29, 1.82) is 0 Å². The number of benzene rings is 2. The van der Waals surface area contributed by atoms with E-state index in [-0.39, 0.29) is 11.3 Å². The van der Waals surface area contributed by atoms with Crippen LogP contribution in [0.15, 0.2) is 47.4 Å². The molecule has 0 radical (unpaired) electrons. The lowest BCUT2D eigenvalue weighted by molar-refractivity contribution is -0.130. The highest BCUT2D eigenvalue weighted by molar-refractivity contribution is 7.89. The molecule has 0 aromatic heterocycles. The maximum absolute atomic E-state index is 12.7. The first-order chi connectivity index (χ1) is 13.4. The highest BCUT2D eigenvalue weighted by atomic mass is 32.2. The SMILES string of the molecule is Cc1cc(C)c(S(=O)(=O)NCC(=O)NC(C)(Cc2ccccc2)C(N)=O)c(C)c1.